The first-order valence-electron chi connectivity index (χ1n) is 8.09. The summed E-state index contributed by atoms with van der Waals surface area (Å²) in [5.74, 6) is 0. The number of aromatic nitrogens is 1. The van der Waals surface area contributed by atoms with Gasteiger partial charge in [0.1, 0.15) is 0 Å². The highest BCUT2D eigenvalue weighted by Gasteiger charge is 2.20. The molecule has 0 atom stereocenters. The van der Waals surface area contributed by atoms with Crippen LogP contribution in [-0.4, -0.2) is 4.57 Å². The van der Waals surface area contributed by atoms with Crippen molar-refractivity contribution in [3.63, 3.8) is 0 Å². The molecule has 1 aliphatic rings. The van der Waals surface area contributed by atoms with Gasteiger partial charge in [-0.15, -0.1) is 0 Å². The van der Waals surface area contributed by atoms with Crippen LogP contribution < -0.4 is 0 Å². The van der Waals surface area contributed by atoms with Gasteiger partial charge in [0.2, 0.25) is 0 Å². The molecule has 0 saturated heterocycles. The summed E-state index contributed by atoms with van der Waals surface area (Å²) < 4.78 is 2.36. The number of nitrogens with zero attached hydrogens (tertiary/aromatic N) is 1. The van der Waals surface area contributed by atoms with Crippen molar-refractivity contribution in [3.05, 3.63) is 78.0 Å². The molecule has 4 aromatic rings. The maximum atomic E-state index is 2.36. The molecule has 0 amide bonds. The fraction of sp³-hybridized carbons (Fsp3) is 0.0909. The molecule has 1 aliphatic carbocycles. The van der Waals surface area contributed by atoms with Gasteiger partial charge in [0.05, 0.1) is 0 Å². The maximum absolute atomic E-state index is 2.36. The lowest BCUT2D eigenvalue weighted by Crippen LogP contribution is -1.95. The van der Waals surface area contributed by atoms with Gasteiger partial charge in [-0.05, 0) is 28.0 Å². The fourth-order valence-electron chi connectivity index (χ4n) is 3.96. The summed E-state index contributed by atoms with van der Waals surface area (Å²) in [4.78, 5) is 0. The van der Waals surface area contributed by atoms with Gasteiger partial charge in [0, 0.05) is 35.6 Å². The van der Waals surface area contributed by atoms with Crippen molar-refractivity contribution in [2.45, 2.75) is 6.42 Å². The molecular formula is C22H17N. The maximum Gasteiger partial charge on any atom is 0.0493 e. The molecule has 0 fully saturated rings. The van der Waals surface area contributed by atoms with E-state index in [1.165, 1.54) is 44.1 Å². The highest BCUT2D eigenvalue weighted by atomic mass is 14.9. The second-order valence-corrected chi connectivity index (χ2v) is 6.26. The first-order chi connectivity index (χ1) is 11.3. The molecule has 1 heteroatoms. The largest absolute Gasteiger partial charge is 0.347 e. The van der Waals surface area contributed by atoms with Crippen molar-refractivity contribution in [2.75, 3.05) is 0 Å². The van der Waals surface area contributed by atoms with Gasteiger partial charge in [-0.2, -0.15) is 0 Å². The van der Waals surface area contributed by atoms with E-state index in [1.54, 1.807) is 0 Å². The molecule has 1 aromatic heterocycles. The molecule has 0 unspecified atom stereocenters. The van der Waals surface area contributed by atoms with E-state index in [0.717, 1.165) is 6.42 Å². The van der Waals surface area contributed by atoms with Gasteiger partial charge in [-0.25, -0.2) is 0 Å². The Kier molecular flexibility index (Phi) is 2.54. The monoisotopic (exact) mass is 295 g/mol. The van der Waals surface area contributed by atoms with E-state index in [0.29, 0.717) is 0 Å². The lowest BCUT2D eigenvalue weighted by molar-refractivity contribution is 0.893. The summed E-state index contributed by atoms with van der Waals surface area (Å²) in [6.45, 7) is 0. The van der Waals surface area contributed by atoms with E-state index < -0.39 is 0 Å². The number of fused-ring (bicyclic) bond motifs is 7. The lowest BCUT2D eigenvalue weighted by Gasteiger charge is -2.07. The molecule has 0 saturated carbocycles. The van der Waals surface area contributed by atoms with E-state index in [2.05, 4.69) is 84.4 Å². The average Bonchev–Trinajstić information content (AvgIpc) is 2.76. The molecule has 0 spiro atoms. The van der Waals surface area contributed by atoms with Crippen LogP contribution in [0.1, 0.15) is 11.3 Å². The quantitative estimate of drug-likeness (QED) is 0.400. The fourth-order valence-corrected chi connectivity index (χ4v) is 3.96. The molecule has 1 nitrogen and oxygen atoms in total. The molecular weight excluding hydrogens is 278 g/mol. The van der Waals surface area contributed by atoms with Crippen LogP contribution in [0.15, 0.2) is 66.7 Å². The average molecular weight is 295 g/mol. The van der Waals surface area contributed by atoms with E-state index in [-0.39, 0.29) is 0 Å². The van der Waals surface area contributed by atoms with E-state index in [9.17, 15) is 0 Å². The number of rotatable bonds is 0. The van der Waals surface area contributed by atoms with Gasteiger partial charge in [-0.3, -0.25) is 0 Å². The zero-order valence-corrected chi connectivity index (χ0v) is 13.1. The molecule has 0 radical (unpaired) electrons. The Balaban J connectivity index is 2.05. The van der Waals surface area contributed by atoms with Crippen molar-refractivity contribution in [2.24, 2.45) is 7.05 Å². The van der Waals surface area contributed by atoms with Crippen LogP contribution in [0, 0.1) is 0 Å². The topological polar surface area (TPSA) is 4.93 Å². The molecule has 5 rings (SSSR count). The second-order valence-electron chi connectivity index (χ2n) is 6.26. The minimum Gasteiger partial charge on any atom is -0.347 e. The van der Waals surface area contributed by atoms with Crippen molar-refractivity contribution in [3.8, 4) is 11.1 Å². The molecule has 0 aliphatic heterocycles. The number of hydrogen-bond donors (Lipinski definition) is 0. The highest BCUT2D eigenvalue weighted by Crippen LogP contribution is 2.41. The third kappa shape index (κ3) is 1.68. The van der Waals surface area contributed by atoms with Crippen LogP contribution in [0.25, 0.3) is 38.9 Å². The van der Waals surface area contributed by atoms with Gasteiger partial charge in [-0.1, -0.05) is 66.7 Å². The number of benzene rings is 3. The summed E-state index contributed by atoms with van der Waals surface area (Å²) in [6.07, 6.45) is 5.52. The van der Waals surface area contributed by atoms with Gasteiger partial charge >= 0.3 is 0 Å². The molecule has 3 aromatic carbocycles. The zero-order valence-electron chi connectivity index (χ0n) is 13.1. The van der Waals surface area contributed by atoms with E-state index >= 15 is 0 Å². The van der Waals surface area contributed by atoms with Gasteiger partial charge in [0.15, 0.2) is 0 Å². The molecule has 23 heavy (non-hydrogen) atoms. The predicted octanol–water partition coefficient (Wildman–Crippen LogP) is 5.57. The summed E-state index contributed by atoms with van der Waals surface area (Å²) in [7, 11) is 2.19. The van der Waals surface area contributed by atoms with Gasteiger partial charge in [0.25, 0.3) is 0 Å². The molecule has 0 N–H and O–H groups in total. The number of allylic oxidation sites excluding steroid dienone is 1. The van der Waals surface area contributed by atoms with Crippen molar-refractivity contribution in [1.29, 1.82) is 0 Å². The van der Waals surface area contributed by atoms with Crippen LogP contribution in [0.4, 0.5) is 0 Å². The molecule has 110 valence electrons. The number of hydrogen-bond acceptors (Lipinski definition) is 0. The Hall–Kier alpha value is -2.80. The van der Waals surface area contributed by atoms with Gasteiger partial charge < -0.3 is 4.57 Å². The Morgan fingerprint density at radius 3 is 2.65 bits per heavy atom. The minimum absolute atomic E-state index is 0.976. The Labute approximate surface area is 135 Å². The summed E-state index contributed by atoms with van der Waals surface area (Å²) in [6, 6.07) is 21.9. The summed E-state index contributed by atoms with van der Waals surface area (Å²) >= 11 is 0. The lowest BCUT2D eigenvalue weighted by atomic mass is 9.95. The molecule has 1 heterocycles. The third-order valence-corrected chi connectivity index (χ3v) is 5.05. The van der Waals surface area contributed by atoms with Crippen molar-refractivity contribution in [1.82, 2.24) is 4.57 Å². The van der Waals surface area contributed by atoms with E-state index in [4.69, 9.17) is 0 Å². The Morgan fingerprint density at radius 1 is 0.870 bits per heavy atom. The minimum atomic E-state index is 0.976. The van der Waals surface area contributed by atoms with Crippen LogP contribution in [0.3, 0.4) is 0 Å². The van der Waals surface area contributed by atoms with Crippen LogP contribution in [0.5, 0.6) is 0 Å². The summed E-state index contributed by atoms with van der Waals surface area (Å²) in [5, 5.41) is 4.04. The van der Waals surface area contributed by atoms with Crippen LogP contribution >= 0.6 is 0 Å². The standard InChI is InChI=1S/C22H17N/c1-23-19-12-6-9-15-7-2-4-10-17(15)21(19)22-18-11-5-3-8-16(18)13-14-20(22)23/h2-11,13-14H,12H2,1H3. The van der Waals surface area contributed by atoms with Crippen molar-refractivity contribution < 1.29 is 0 Å². The normalized spacial score (nSPS) is 13.1. The van der Waals surface area contributed by atoms with Crippen molar-refractivity contribution >= 4 is 27.8 Å². The van der Waals surface area contributed by atoms with E-state index in [1.807, 2.05) is 0 Å². The summed E-state index contributed by atoms with van der Waals surface area (Å²) in [5.41, 5.74) is 6.78. The Morgan fingerprint density at radius 2 is 1.70 bits per heavy atom. The first-order valence-corrected chi connectivity index (χ1v) is 8.09. The smallest absolute Gasteiger partial charge is 0.0493 e. The SMILES string of the molecule is Cn1c2c(c3c4ccccc4ccc31)-c1ccccc1C=CC2. The Bertz CT molecular complexity index is 1100. The predicted molar refractivity (Wildman–Crippen MR) is 98.6 cm³/mol. The van der Waals surface area contributed by atoms with Crippen LogP contribution in [-0.2, 0) is 13.5 Å². The molecule has 0 bridgehead atoms. The first kappa shape index (κ1) is 12.7. The second kappa shape index (κ2) is 4.60. The highest BCUT2D eigenvalue weighted by molar-refractivity contribution is 6.15. The third-order valence-electron chi connectivity index (χ3n) is 5.05. The number of aryl methyl sites for hydroxylation is 1. The van der Waals surface area contributed by atoms with Crippen LogP contribution in [0.2, 0.25) is 0 Å². The zero-order chi connectivity index (χ0) is 15.4.